The van der Waals surface area contributed by atoms with Gasteiger partial charge in [-0.25, -0.2) is 0 Å². The molecule has 7 nitrogen and oxygen atoms in total. The average molecular weight is 378 g/mol. The van der Waals surface area contributed by atoms with Gasteiger partial charge in [-0.3, -0.25) is 0 Å². The van der Waals surface area contributed by atoms with Crippen molar-refractivity contribution in [1.82, 2.24) is 0 Å². The Labute approximate surface area is 158 Å². The van der Waals surface area contributed by atoms with E-state index in [9.17, 15) is 15.3 Å². The fourth-order valence-electron chi connectivity index (χ4n) is 4.20. The predicted molar refractivity (Wildman–Crippen MR) is 95.3 cm³/mol. The molecule has 3 aliphatic rings. The van der Waals surface area contributed by atoms with E-state index in [2.05, 4.69) is 0 Å². The first kappa shape index (κ1) is 18.9. The van der Waals surface area contributed by atoms with Gasteiger partial charge in [-0.2, -0.15) is 0 Å². The Kier molecular flexibility index (Phi) is 4.78. The molecule has 3 N–H and O–H groups in total. The Morgan fingerprint density at radius 1 is 1.07 bits per heavy atom. The molecular weight excluding hydrogens is 352 g/mol. The number of allylic oxidation sites excluding steroid dienone is 1. The lowest BCUT2D eigenvalue weighted by molar-refractivity contribution is -0.224. The van der Waals surface area contributed by atoms with Crippen molar-refractivity contribution in [2.24, 2.45) is 0 Å². The molecule has 148 valence electrons. The van der Waals surface area contributed by atoms with Crippen molar-refractivity contribution in [2.45, 2.75) is 62.7 Å². The monoisotopic (exact) mass is 378 g/mol. The van der Waals surface area contributed by atoms with Crippen molar-refractivity contribution < 1.29 is 34.3 Å². The molecule has 0 radical (unpaired) electrons. The first-order valence-corrected chi connectivity index (χ1v) is 9.31. The summed E-state index contributed by atoms with van der Waals surface area (Å²) in [5.74, 6) is -0.559. The highest BCUT2D eigenvalue weighted by atomic mass is 16.8. The van der Waals surface area contributed by atoms with Crippen LogP contribution in [0.15, 0.2) is 36.1 Å². The Morgan fingerprint density at radius 2 is 1.81 bits per heavy atom. The van der Waals surface area contributed by atoms with Crippen molar-refractivity contribution in [1.29, 1.82) is 0 Å². The van der Waals surface area contributed by atoms with Crippen LogP contribution in [0.4, 0.5) is 0 Å². The minimum Gasteiger partial charge on any atom is -0.486 e. The maximum Gasteiger partial charge on any atom is 0.191 e. The van der Waals surface area contributed by atoms with E-state index in [1.165, 1.54) is 0 Å². The summed E-state index contributed by atoms with van der Waals surface area (Å²) < 4.78 is 23.7. The molecule has 3 saturated heterocycles. The van der Waals surface area contributed by atoms with Crippen LogP contribution >= 0.6 is 0 Å². The average Bonchev–Trinajstić information content (AvgIpc) is 3.20. The van der Waals surface area contributed by atoms with Crippen LogP contribution in [-0.4, -0.2) is 64.5 Å². The summed E-state index contributed by atoms with van der Waals surface area (Å²) in [5.41, 5.74) is 0.0749. The van der Waals surface area contributed by atoms with Crippen molar-refractivity contribution in [3.63, 3.8) is 0 Å². The van der Waals surface area contributed by atoms with Gasteiger partial charge in [0.2, 0.25) is 0 Å². The van der Waals surface area contributed by atoms with Crippen LogP contribution in [0.1, 0.15) is 32.3 Å². The van der Waals surface area contributed by atoms with E-state index in [1.807, 2.05) is 30.3 Å². The lowest BCUT2D eigenvalue weighted by atomic mass is 9.85. The molecule has 4 rings (SSSR count). The number of benzene rings is 1. The Bertz CT molecular complexity index is 716. The standard InChI is InChI=1S/C20H26O7/c1-19(2)26-17-18(27-19)25-16-14(11-22)24-15(20(16,17)23)13(9-6-10-21)12-7-4-3-5-8-12/h3-5,7-8,14,16-18,21-23H,6,9-11H2,1-2H3/b15-13-/t14-,16-,17+,18-,20-/m1/s1. The van der Waals surface area contributed by atoms with Crippen LogP contribution in [0, 0.1) is 0 Å². The Morgan fingerprint density at radius 3 is 2.48 bits per heavy atom. The van der Waals surface area contributed by atoms with Crippen LogP contribution in [0.2, 0.25) is 0 Å². The third-order valence-electron chi connectivity index (χ3n) is 5.34. The van der Waals surface area contributed by atoms with Crippen LogP contribution in [0.25, 0.3) is 5.57 Å². The van der Waals surface area contributed by atoms with Gasteiger partial charge in [0.05, 0.1) is 6.61 Å². The lowest BCUT2D eigenvalue weighted by Crippen LogP contribution is -2.49. The molecular formula is C20H26O7. The van der Waals surface area contributed by atoms with Gasteiger partial charge in [-0.05, 0) is 32.3 Å². The highest BCUT2D eigenvalue weighted by Crippen LogP contribution is 2.53. The zero-order valence-corrected chi connectivity index (χ0v) is 15.5. The minimum atomic E-state index is -1.58. The molecule has 5 atom stereocenters. The fourth-order valence-corrected chi connectivity index (χ4v) is 4.20. The molecule has 0 saturated carbocycles. The summed E-state index contributed by atoms with van der Waals surface area (Å²) in [6, 6.07) is 9.57. The molecule has 1 aromatic rings. The summed E-state index contributed by atoms with van der Waals surface area (Å²) in [6.07, 6.45) is -2.01. The molecule has 1 aromatic carbocycles. The van der Waals surface area contributed by atoms with Gasteiger partial charge in [0.15, 0.2) is 29.9 Å². The van der Waals surface area contributed by atoms with Gasteiger partial charge in [0.25, 0.3) is 0 Å². The van der Waals surface area contributed by atoms with Gasteiger partial charge in [0.1, 0.15) is 11.9 Å². The van der Waals surface area contributed by atoms with Gasteiger partial charge in [-0.1, -0.05) is 30.3 Å². The molecule has 0 bridgehead atoms. The second-order valence-corrected chi connectivity index (χ2v) is 7.65. The van der Waals surface area contributed by atoms with Gasteiger partial charge in [0, 0.05) is 12.2 Å². The molecule has 0 aromatic heterocycles. The number of fused-ring (bicyclic) bond motifs is 3. The summed E-state index contributed by atoms with van der Waals surface area (Å²) >= 11 is 0. The van der Waals surface area contributed by atoms with E-state index in [4.69, 9.17) is 18.9 Å². The number of hydrogen-bond donors (Lipinski definition) is 3. The largest absolute Gasteiger partial charge is 0.486 e. The SMILES string of the molecule is CC1(C)O[C@H]2O[C@@H]3[C@@H](CO)O/C(=C(/CCCO)c4ccccc4)[C@]3(O)[C@H]2O1. The summed E-state index contributed by atoms with van der Waals surface area (Å²) in [5, 5.41) is 30.9. The van der Waals surface area contributed by atoms with Crippen LogP contribution in [0.3, 0.4) is 0 Å². The highest BCUT2D eigenvalue weighted by molar-refractivity contribution is 5.70. The first-order chi connectivity index (χ1) is 12.9. The highest BCUT2D eigenvalue weighted by Gasteiger charge is 2.71. The summed E-state index contributed by atoms with van der Waals surface area (Å²) in [4.78, 5) is 0. The molecule has 3 aliphatic heterocycles. The molecule has 0 unspecified atom stereocenters. The summed E-state index contributed by atoms with van der Waals surface area (Å²) in [7, 11) is 0. The van der Waals surface area contributed by atoms with Gasteiger partial charge in [-0.15, -0.1) is 0 Å². The van der Waals surface area contributed by atoms with E-state index in [0.717, 1.165) is 11.1 Å². The molecule has 0 amide bonds. The van der Waals surface area contributed by atoms with Crippen LogP contribution in [-0.2, 0) is 18.9 Å². The maximum atomic E-state index is 11.7. The van der Waals surface area contributed by atoms with E-state index < -0.39 is 36.0 Å². The Hall–Kier alpha value is -1.48. The lowest BCUT2D eigenvalue weighted by Gasteiger charge is -2.29. The second kappa shape index (κ2) is 6.84. The molecule has 7 heteroatoms. The van der Waals surface area contributed by atoms with Gasteiger partial charge >= 0.3 is 0 Å². The Balaban J connectivity index is 1.82. The number of rotatable bonds is 5. The quantitative estimate of drug-likeness (QED) is 0.708. The fraction of sp³-hybridized carbons (Fsp3) is 0.600. The van der Waals surface area contributed by atoms with Crippen molar-refractivity contribution in [2.75, 3.05) is 13.2 Å². The molecule has 27 heavy (non-hydrogen) atoms. The second-order valence-electron chi connectivity index (χ2n) is 7.65. The van der Waals surface area contributed by atoms with E-state index in [0.29, 0.717) is 18.6 Å². The smallest absolute Gasteiger partial charge is 0.191 e. The summed E-state index contributed by atoms with van der Waals surface area (Å²) in [6.45, 7) is 3.24. The maximum absolute atomic E-state index is 11.7. The van der Waals surface area contributed by atoms with E-state index in [-0.39, 0.29) is 13.2 Å². The normalized spacial score (nSPS) is 38.4. The van der Waals surface area contributed by atoms with Crippen molar-refractivity contribution >= 4 is 5.57 Å². The topological polar surface area (TPSA) is 97.6 Å². The number of ether oxygens (including phenoxy) is 4. The molecule has 0 spiro atoms. The minimum absolute atomic E-state index is 0.0180. The van der Waals surface area contributed by atoms with Gasteiger partial charge < -0.3 is 34.3 Å². The van der Waals surface area contributed by atoms with Crippen LogP contribution < -0.4 is 0 Å². The third-order valence-corrected chi connectivity index (χ3v) is 5.34. The zero-order valence-electron chi connectivity index (χ0n) is 15.5. The third kappa shape index (κ3) is 2.99. The van der Waals surface area contributed by atoms with Crippen molar-refractivity contribution in [3.05, 3.63) is 41.7 Å². The van der Waals surface area contributed by atoms with E-state index in [1.54, 1.807) is 13.8 Å². The number of hydrogen-bond acceptors (Lipinski definition) is 7. The van der Waals surface area contributed by atoms with Crippen molar-refractivity contribution in [3.8, 4) is 0 Å². The van der Waals surface area contributed by atoms with Crippen LogP contribution in [0.5, 0.6) is 0 Å². The number of aliphatic hydroxyl groups excluding tert-OH is 2. The molecule has 3 heterocycles. The van der Waals surface area contributed by atoms with E-state index >= 15 is 0 Å². The first-order valence-electron chi connectivity index (χ1n) is 9.31. The number of aliphatic hydroxyl groups is 3. The predicted octanol–water partition coefficient (Wildman–Crippen LogP) is 1.17. The zero-order chi connectivity index (χ0) is 19.2. The molecule has 0 aliphatic carbocycles. The molecule has 3 fully saturated rings.